The first-order chi connectivity index (χ1) is 11.2. The van der Waals surface area contributed by atoms with E-state index in [-0.39, 0.29) is 23.1 Å². The zero-order valence-electron chi connectivity index (χ0n) is 15.5. The molecule has 2 amide bonds. The molecule has 1 aromatic rings. The van der Waals surface area contributed by atoms with Gasteiger partial charge in [0.25, 0.3) is 5.91 Å². The Kier molecular flexibility index (Phi) is 7.42. The SMILES string of the molecule is CC(C)C(NC(=O)c1ccc(C(C)(C)C)cc1)C(=O)NCCCN. The van der Waals surface area contributed by atoms with Crippen molar-refractivity contribution < 1.29 is 9.59 Å². The summed E-state index contributed by atoms with van der Waals surface area (Å²) in [6.07, 6.45) is 0.721. The van der Waals surface area contributed by atoms with Crippen LogP contribution in [0.2, 0.25) is 0 Å². The summed E-state index contributed by atoms with van der Waals surface area (Å²) in [7, 11) is 0. The molecule has 1 atom stereocenters. The van der Waals surface area contributed by atoms with Crippen molar-refractivity contribution in [1.29, 1.82) is 0 Å². The fraction of sp³-hybridized carbons (Fsp3) is 0.579. The minimum Gasteiger partial charge on any atom is -0.354 e. The quantitative estimate of drug-likeness (QED) is 0.669. The minimum absolute atomic E-state index is 0.000625. The third-order valence-corrected chi connectivity index (χ3v) is 3.93. The molecular weight excluding hydrogens is 302 g/mol. The molecule has 0 aliphatic carbocycles. The Balaban J connectivity index is 2.76. The lowest BCUT2D eigenvalue weighted by Gasteiger charge is -2.22. The van der Waals surface area contributed by atoms with Crippen molar-refractivity contribution in [1.82, 2.24) is 10.6 Å². The molecule has 0 saturated heterocycles. The van der Waals surface area contributed by atoms with Crippen LogP contribution in [0.5, 0.6) is 0 Å². The van der Waals surface area contributed by atoms with Crippen LogP contribution in [0.1, 0.15) is 57.0 Å². The van der Waals surface area contributed by atoms with E-state index in [1.54, 1.807) is 12.1 Å². The highest BCUT2D eigenvalue weighted by Crippen LogP contribution is 2.22. The van der Waals surface area contributed by atoms with Gasteiger partial charge in [0.15, 0.2) is 0 Å². The molecule has 0 radical (unpaired) electrons. The second-order valence-corrected chi connectivity index (χ2v) is 7.46. The zero-order valence-corrected chi connectivity index (χ0v) is 15.5. The fourth-order valence-electron chi connectivity index (χ4n) is 2.30. The van der Waals surface area contributed by atoms with Crippen molar-refractivity contribution in [3.63, 3.8) is 0 Å². The molecular formula is C19H31N3O2. The van der Waals surface area contributed by atoms with Crippen LogP contribution >= 0.6 is 0 Å². The molecule has 0 spiro atoms. The van der Waals surface area contributed by atoms with Crippen molar-refractivity contribution in [2.45, 2.75) is 52.5 Å². The van der Waals surface area contributed by atoms with Gasteiger partial charge in [0.05, 0.1) is 0 Å². The maximum absolute atomic E-state index is 12.4. The number of carbonyl (C=O) groups excluding carboxylic acids is 2. The second kappa shape index (κ2) is 8.83. The molecule has 4 N–H and O–H groups in total. The van der Waals surface area contributed by atoms with Crippen LogP contribution in [0.15, 0.2) is 24.3 Å². The first kappa shape index (κ1) is 20.2. The Hall–Kier alpha value is -1.88. The molecule has 1 rings (SSSR count). The molecule has 0 heterocycles. The van der Waals surface area contributed by atoms with Crippen molar-refractivity contribution >= 4 is 11.8 Å². The van der Waals surface area contributed by atoms with Gasteiger partial charge in [-0.25, -0.2) is 0 Å². The lowest BCUT2D eigenvalue weighted by atomic mass is 9.86. The lowest BCUT2D eigenvalue weighted by Crippen LogP contribution is -2.50. The molecule has 0 saturated carbocycles. The number of amides is 2. The van der Waals surface area contributed by atoms with E-state index in [1.807, 2.05) is 26.0 Å². The number of carbonyl (C=O) groups is 2. The molecule has 0 aromatic heterocycles. The summed E-state index contributed by atoms with van der Waals surface area (Å²) in [5.41, 5.74) is 7.19. The highest BCUT2D eigenvalue weighted by molar-refractivity contribution is 5.97. The van der Waals surface area contributed by atoms with E-state index in [0.29, 0.717) is 18.7 Å². The molecule has 1 aromatic carbocycles. The van der Waals surface area contributed by atoms with E-state index in [2.05, 4.69) is 31.4 Å². The molecule has 5 heteroatoms. The van der Waals surface area contributed by atoms with Crippen molar-refractivity contribution in [3.05, 3.63) is 35.4 Å². The van der Waals surface area contributed by atoms with Crippen LogP contribution in [0.25, 0.3) is 0 Å². The van der Waals surface area contributed by atoms with Gasteiger partial charge in [-0.05, 0) is 42.0 Å². The summed E-state index contributed by atoms with van der Waals surface area (Å²) in [6.45, 7) is 11.3. The summed E-state index contributed by atoms with van der Waals surface area (Å²) >= 11 is 0. The van der Waals surface area contributed by atoms with Crippen LogP contribution < -0.4 is 16.4 Å². The van der Waals surface area contributed by atoms with E-state index in [1.165, 1.54) is 5.56 Å². The van der Waals surface area contributed by atoms with Gasteiger partial charge in [0.2, 0.25) is 5.91 Å². The first-order valence-corrected chi connectivity index (χ1v) is 8.56. The van der Waals surface area contributed by atoms with Crippen LogP contribution in [0, 0.1) is 5.92 Å². The van der Waals surface area contributed by atoms with Gasteiger partial charge in [0.1, 0.15) is 6.04 Å². The Labute approximate surface area is 145 Å². The highest BCUT2D eigenvalue weighted by atomic mass is 16.2. The number of nitrogens with one attached hydrogen (secondary N) is 2. The summed E-state index contributed by atoms with van der Waals surface area (Å²) in [4.78, 5) is 24.7. The lowest BCUT2D eigenvalue weighted by molar-refractivity contribution is -0.123. The second-order valence-electron chi connectivity index (χ2n) is 7.46. The molecule has 0 aliphatic heterocycles. The number of hydrogen-bond acceptors (Lipinski definition) is 3. The van der Waals surface area contributed by atoms with Crippen molar-refractivity contribution in [2.24, 2.45) is 11.7 Å². The number of hydrogen-bond donors (Lipinski definition) is 3. The zero-order chi connectivity index (χ0) is 18.3. The molecule has 0 aliphatic rings. The van der Waals surface area contributed by atoms with E-state index in [0.717, 1.165) is 6.42 Å². The fourth-order valence-corrected chi connectivity index (χ4v) is 2.30. The molecule has 5 nitrogen and oxygen atoms in total. The third kappa shape index (κ3) is 5.96. The summed E-state index contributed by atoms with van der Waals surface area (Å²) in [6, 6.07) is 6.97. The van der Waals surface area contributed by atoms with Gasteiger partial charge < -0.3 is 16.4 Å². The molecule has 1 unspecified atom stereocenters. The Bertz CT molecular complexity index is 545. The molecule has 0 bridgehead atoms. The van der Waals surface area contributed by atoms with Crippen LogP contribution in [0.4, 0.5) is 0 Å². The number of nitrogens with two attached hydrogens (primary N) is 1. The molecule has 24 heavy (non-hydrogen) atoms. The predicted molar refractivity (Wildman–Crippen MR) is 97.9 cm³/mol. The summed E-state index contributed by atoms with van der Waals surface area (Å²) in [5, 5.41) is 5.65. The van der Waals surface area contributed by atoms with Gasteiger partial charge >= 0.3 is 0 Å². The average molecular weight is 333 g/mol. The Morgan fingerprint density at radius 3 is 2.17 bits per heavy atom. The summed E-state index contributed by atoms with van der Waals surface area (Å²) < 4.78 is 0. The van der Waals surface area contributed by atoms with E-state index < -0.39 is 6.04 Å². The van der Waals surface area contributed by atoms with Gasteiger partial charge in [-0.3, -0.25) is 9.59 Å². The standard InChI is InChI=1S/C19H31N3O2/c1-13(2)16(18(24)21-12-6-11-20)22-17(23)14-7-9-15(10-8-14)19(3,4)5/h7-10,13,16H,6,11-12,20H2,1-5H3,(H,21,24)(H,22,23). The maximum Gasteiger partial charge on any atom is 0.251 e. The Morgan fingerprint density at radius 2 is 1.71 bits per heavy atom. The molecule has 0 fully saturated rings. The van der Waals surface area contributed by atoms with E-state index in [9.17, 15) is 9.59 Å². The van der Waals surface area contributed by atoms with E-state index in [4.69, 9.17) is 5.73 Å². The van der Waals surface area contributed by atoms with Crippen molar-refractivity contribution in [3.8, 4) is 0 Å². The topological polar surface area (TPSA) is 84.2 Å². The van der Waals surface area contributed by atoms with Gasteiger partial charge in [-0.1, -0.05) is 46.8 Å². The highest BCUT2D eigenvalue weighted by Gasteiger charge is 2.24. The maximum atomic E-state index is 12.4. The summed E-state index contributed by atoms with van der Waals surface area (Å²) in [5.74, 6) is -0.401. The normalized spacial score (nSPS) is 12.8. The van der Waals surface area contributed by atoms with Gasteiger partial charge in [-0.15, -0.1) is 0 Å². The monoisotopic (exact) mass is 333 g/mol. The number of benzene rings is 1. The van der Waals surface area contributed by atoms with Crippen LogP contribution in [-0.4, -0.2) is 30.9 Å². The van der Waals surface area contributed by atoms with E-state index >= 15 is 0 Å². The van der Waals surface area contributed by atoms with Gasteiger partial charge in [-0.2, -0.15) is 0 Å². The average Bonchev–Trinajstić information content (AvgIpc) is 2.51. The predicted octanol–water partition coefficient (Wildman–Crippen LogP) is 2.20. The largest absolute Gasteiger partial charge is 0.354 e. The molecule has 134 valence electrons. The first-order valence-electron chi connectivity index (χ1n) is 8.56. The minimum atomic E-state index is -0.558. The van der Waals surface area contributed by atoms with Crippen LogP contribution in [0.3, 0.4) is 0 Å². The smallest absolute Gasteiger partial charge is 0.251 e. The Morgan fingerprint density at radius 1 is 1.12 bits per heavy atom. The van der Waals surface area contributed by atoms with Crippen LogP contribution in [-0.2, 0) is 10.2 Å². The van der Waals surface area contributed by atoms with Crippen molar-refractivity contribution in [2.75, 3.05) is 13.1 Å². The van der Waals surface area contributed by atoms with Gasteiger partial charge in [0, 0.05) is 12.1 Å². The third-order valence-electron chi connectivity index (χ3n) is 3.93. The number of rotatable bonds is 7.